The van der Waals surface area contributed by atoms with Crippen molar-refractivity contribution < 1.29 is 9.18 Å². The van der Waals surface area contributed by atoms with Gasteiger partial charge >= 0.3 is 0 Å². The second-order valence-corrected chi connectivity index (χ2v) is 5.34. The van der Waals surface area contributed by atoms with Crippen molar-refractivity contribution >= 4 is 11.7 Å². The molecule has 2 aromatic heterocycles. The quantitative estimate of drug-likeness (QED) is 0.730. The van der Waals surface area contributed by atoms with Gasteiger partial charge in [-0.15, -0.1) is 0 Å². The maximum Gasteiger partial charge on any atom is 0.233 e. The van der Waals surface area contributed by atoms with Gasteiger partial charge in [0.2, 0.25) is 11.9 Å². The van der Waals surface area contributed by atoms with E-state index in [-0.39, 0.29) is 11.8 Å². The lowest BCUT2D eigenvalue weighted by Gasteiger charge is -2.14. The Balaban J connectivity index is 1.75. The average Bonchev–Trinajstić information content (AvgIpc) is 3.05. The Morgan fingerprint density at radius 1 is 1.25 bits per heavy atom. The van der Waals surface area contributed by atoms with Crippen LogP contribution in [0.4, 0.5) is 10.2 Å². The first-order valence-electron chi connectivity index (χ1n) is 7.71. The number of pyridine rings is 1. The summed E-state index contributed by atoms with van der Waals surface area (Å²) in [5.74, 6) is -0.514. The Hall–Kier alpha value is -3.02. The number of nitrogens with zero attached hydrogens (tertiary/aromatic N) is 3. The monoisotopic (exact) mass is 324 g/mol. The molecule has 24 heavy (non-hydrogen) atoms. The molecule has 0 radical (unpaired) electrons. The van der Waals surface area contributed by atoms with Crippen LogP contribution in [0.3, 0.4) is 0 Å². The van der Waals surface area contributed by atoms with Crippen molar-refractivity contribution in [2.24, 2.45) is 0 Å². The lowest BCUT2D eigenvalue weighted by atomic mass is 9.96. The molecule has 0 spiro atoms. The van der Waals surface area contributed by atoms with Crippen molar-refractivity contribution in [1.29, 1.82) is 0 Å². The summed E-state index contributed by atoms with van der Waals surface area (Å²) >= 11 is 0. The average molecular weight is 324 g/mol. The van der Waals surface area contributed by atoms with Crippen molar-refractivity contribution in [3.8, 4) is 5.69 Å². The first-order chi connectivity index (χ1) is 11.7. The highest BCUT2D eigenvalue weighted by Gasteiger charge is 2.19. The molecule has 1 amide bonds. The molecule has 122 valence electrons. The van der Waals surface area contributed by atoms with Gasteiger partial charge in [-0.2, -0.15) is 9.49 Å². The molecule has 0 aliphatic rings. The van der Waals surface area contributed by atoms with Gasteiger partial charge in [0.1, 0.15) is 0 Å². The van der Waals surface area contributed by atoms with E-state index in [0.29, 0.717) is 17.9 Å². The lowest BCUT2D eigenvalue weighted by Crippen LogP contribution is -2.21. The van der Waals surface area contributed by atoms with Crippen molar-refractivity contribution in [1.82, 2.24) is 14.8 Å². The minimum atomic E-state index is -0.580. The molecule has 0 saturated heterocycles. The van der Waals surface area contributed by atoms with Crippen LogP contribution in [0.5, 0.6) is 0 Å². The first-order valence-corrected chi connectivity index (χ1v) is 7.71. The summed E-state index contributed by atoms with van der Waals surface area (Å²) in [5.41, 5.74) is 1.51. The molecule has 0 saturated carbocycles. The number of hydrogen-bond donors (Lipinski definition) is 1. The van der Waals surface area contributed by atoms with Gasteiger partial charge in [-0.25, -0.2) is 9.67 Å². The van der Waals surface area contributed by atoms with Gasteiger partial charge in [-0.1, -0.05) is 37.3 Å². The van der Waals surface area contributed by atoms with Crippen LogP contribution in [-0.4, -0.2) is 20.7 Å². The molecular weight excluding hydrogens is 307 g/mol. The van der Waals surface area contributed by atoms with Crippen molar-refractivity contribution in [2.75, 3.05) is 5.32 Å². The van der Waals surface area contributed by atoms with Crippen LogP contribution in [0.1, 0.15) is 24.8 Å². The Kier molecular flexibility index (Phi) is 4.65. The number of carbonyl (C=O) groups is 1. The summed E-state index contributed by atoms with van der Waals surface area (Å²) in [6.07, 6.45) is 3.72. The van der Waals surface area contributed by atoms with Gasteiger partial charge in [0.05, 0.1) is 11.6 Å². The summed E-state index contributed by atoms with van der Waals surface area (Å²) in [5, 5.41) is 7.08. The van der Waals surface area contributed by atoms with Crippen LogP contribution < -0.4 is 5.32 Å². The van der Waals surface area contributed by atoms with Crippen LogP contribution in [-0.2, 0) is 4.79 Å². The fraction of sp³-hybridized carbons (Fsp3) is 0.167. The third-order valence-corrected chi connectivity index (χ3v) is 3.74. The summed E-state index contributed by atoms with van der Waals surface area (Å²) < 4.78 is 14.7. The Morgan fingerprint density at radius 2 is 2.04 bits per heavy atom. The zero-order valence-corrected chi connectivity index (χ0v) is 13.2. The van der Waals surface area contributed by atoms with Crippen molar-refractivity contribution in [3.63, 3.8) is 0 Å². The Morgan fingerprint density at radius 3 is 2.75 bits per heavy atom. The molecule has 0 aliphatic carbocycles. The molecule has 0 aliphatic heterocycles. The molecule has 6 heteroatoms. The van der Waals surface area contributed by atoms with Gasteiger partial charge in [-0.05, 0) is 18.1 Å². The van der Waals surface area contributed by atoms with E-state index in [9.17, 15) is 9.18 Å². The zero-order valence-electron chi connectivity index (χ0n) is 13.2. The third-order valence-electron chi connectivity index (χ3n) is 3.74. The summed E-state index contributed by atoms with van der Waals surface area (Å²) in [6.45, 7) is 1.97. The van der Waals surface area contributed by atoms with Gasteiger partial charge in [0, 0.05) is 24.5 Å². The van der Waals surface area contributed by atoms with Crippen LogP contribution in [0.2, 0.25) is 0 Å². The largest absolute Gasteiger partial charge is 0.309 e. The second-order valence-electron chi connectivity index (χ2n) is 5.34. The van der Waals surface area contributed by atoms with Crippen LogP contribution in [0.25, 0.3) is 5.69 Å². The molecule has 0 bridgehead atoms. The highest BCUT2D eigenvalue weighted by molar-refractivity contribution is 5.95. The van der Waals surface area contributed by atoms with E-state index in [2.05, 4.69) is 15.4 Å². The second kappa shape index (κ2) is 7.04. The van der Waals surface area contributed by atoms with Gasteiger partial charge < -0.3 is 5.32 Å². The summed E-state index contributed by atoms with van der Waals surface area (Å²) in [6, 6.07) is 14.2. The number of nitrogens with one attached hydrogen (secondary N) is 1. The van der Waals surface area contributed by atoms with Crippen LogP contribution >= 0.6 is 0 Å². The smallest absolute Gasteiger partial charge is 0.233 e. The molecule has 3 aromatic rings. The van der Waals surface area contributed by atoms with E-state index < -0.39 is 5.95 Å². The normalized spacial score (nSPS) is 11.9. The maximum absolute atomic E-state index is 13.2. The lowest BCUT2D eigenvalue weighted by molar-refractivity contribution is -0.117. The molecule has 1 N–H and O–H groups in total. The van der Waals surface area contributed by atoms with Crippen LogP contribution in [0, 0.1) is 5.95 Å². The molecular formula is C18H17FN4O. The van der Waals surface area contributed by atoms with Gasteiger partial charge in [-0.3, -0.25) is 4.79 Å². The van der Waals surface area contributed by atoms with Gasteiger partial charge in [0.25, 0.3) is 0 Å². The van der Waals surface area contributed by atoms with Crippen molar-refractivity contribution in [3.05, 3.63) is 72.4 Å². The fourth-order valence-electron chi connectivity index (χ4n) is 2.54. The highest BCUT2D eigenvalue weighted by atomic mass is 19.1. The van der Waals surface area contributed by atoms with Gasteiger partial charge in [0.15, 0.2) is 5.82 Å². The zero-order chi connectivity index (χ0) is 16.9. The predicted molar refractivity (Wildman–Crippen MR) is 89.4 cm³/mol. The molecule has 1 atom stereocenters. The first kappa shape index (κ1) is 15.9. The predicted octanol–water partition coefficient (Wildman–Crippen LogP) is 3.54. The van der Waals surface area contributed by atoms with E-state index in [1.807, 2.05) is 37.3 Å². The maximum atomic E-state index is 13.2. The fourth-order valence-corrected chi connectivity index (χ4v) is 2.54. The number of amides is 1. The number of anilines is 1. The molecule has 5 nitrogen and oxygen atoms in total. The standard InChI is InChI=1S/C18H17FN4O/c1-2-15(13-6-4-3-5-7-13)18(24)21-17-9-11-23(22-17)14-8-10-20-16(19)12-14/h3-12,15H,2H2,1H3,(H,21,22,24). The number of halogens is 1. The highest BCUT2D eigenvalue weighted by Crippen LogP contribution is 2.21. The van der Waals surface area contributed by atoms with E-state index in [1.165, 1.54) is 16.9 Å². The Bertz CT molecular complexity index is 832. The van der Waals surface area contributed by atoms with Crippen LogP contribution in [0.15, 0.2) is 60.9 Å². The molecule has 1 unspecified atom stereocenters. The minimum Gasteiger partial charge on any atom is -0.309 e. The number of hydrogen-bond acceptors (Lipinski definition) is 3. The molecule has 1 aromatic carbocycles. The van der Waals surface area contributed by atoms with E-state index in [4.69, 9.17) is 0 Å². The summed E-state index contributed by atoms with van der Waals surface area (Å²) in [7, 11) is 0. The SMILES string of the molecule is CCC(C(=O)Nc1ccn(-c2ccnc(F)c2)n1)c1ccccc1. The summed E-state index contributed by atoms with van der Waals surface area (Å²) in [4.78, 5) is 16.0. The molecule has 2 heterocycles. The topological polar surface area (TPSA) is 59.8 Å². The molecule has 0 fully saturated rings. The number of carbonyl (C=O) groups excluding carboxylic acids is 1. The van der Waals surface area contributed by atoms with E-state index in [1.54, 1.807) is 18.3 Å². The Labute approximate surface area is 139 Å². The van der Waals surface area contributed by atoms with Crippen molar-refractivity contribution in [2.45, 2.75) is 19.3 Å². The third kappa shape index (κ3) is 3.48. The number of benzene rings is 1. The van der Waals surface area contributed by atoms with E-state index >= 15 is 0 Å². The number of aromatic nitrogens is 3. The minimum absolute atomic E-state index is 0.116. The number of rotatable bonds is 5. The van der Waals surface area contributed by atoms with E-state index in [0.717, 1.165) is 5.56 Å². The molecule has 3 rings (SSSR count).